The predicted octanol–water partition coefficient (Wildman–Crippen LogP) is 3.89. The highest BCUT2D eigenvalue weighted by molar-refractivity contribution is 6.32. The molecule has 2 N–H and O–H groups in total. The van der Waals surface area contributed by atoms with Crippen molar-refractivity contribution in [2.75, 3.05) is 19.5 Å². The molecule has 28 heavy (non-hydrogen) atoms. The number of ether oxygens (including phenoxy) is 2. The summed E-state index contributed by atoms with van der Waals surface area (Å²) in [6, 6.07) is 9.71. The molecule has 1 heterocycles. The summed E-state index contributed by atoms with van der Waals surface area (Å²) in [6.45, 7) is 2.30. The molecular weight excluding hydrogens is 385 g/mol. The van der Waals surface area contributed by atoms with Gasteiger partial charge in [-0.15, -0.1) is 0 Å². The Bertz CT molecular complexity index is 916. The third-order valence-electron chi connectivity index (χ3n) is 4.30. The Labute approximate surface area is 167 Å². The van der Waals surface area contributed by atoms with E-state index >= 15 is 0 Å². The number of methoxy groups -OCH3 is 2. The van der Waals surface area contributed by atoms with Crippen molar-refractivity contribution >= 4 is 23.2 Å². The van der Waals surface area contributed by atoms with Crippen molar-refractivity contribution in [2.45, 2.75) is 19.7 Å². The molecule has 0 amide bonds. The average molecular weight is 406 g/mol. The highest BCUT2D eigenvalue weighted by Crippen LogP contribution is 2.31. The van der Waals surface area contributed by atoms with E-state index in [1.165, 1.54) is 26.4 Å². The first kappa shape index (κ1) is 20.0. The molecule has 0 saturated carbocycles. The van der Waals surface area contributed by atoms with Crippen LogP contribution in [-0.2, 0) is 11.3 Å². The number of benzene rings is 2. The van der Waals surface area contributed by atoms with Gasteiger partial charge in [0.2, 0.25) is 12.2 Å². The summed E-state index contributed by atoms with van der Waals surface area (Å²) in [5, 5.41) is 13.9. The number of aliphatic imine (C=N–C) groups is 1. The van der Waals surface area contributed by atoms with Crippen LogP contribution in [0.15, 0.2) is 53.3 Å². The lowest BCUT2D eigenvalue weighted by Crippen LogP contribution is -2.38. The second kappa shape index (κ2) is 8.50. The fourth-order valence-corrected chi connectivity index (χ4v) is 3.06. The number of guanidine groups is 1. The Morgan fingerprint density at radius 3 is 2.57 bits per heavy atom. The van der Waals surface area contributed by atoms with Gasteiger partial charge in [-0.25, -0.2) is 9.38 Å². The standard InChI is InChI=1S/C20H21ClFN3O3/c1-12-8-15(21)17(27-2)9-16(12)23-20-24-19(26)18(28-3)11-25(20)10-13-4-6-14(22)7-5-13/h4-9,11,19,26H,10H2,1-3H3,(H,23,24). The zero-order chi connectivity index (χ0) is 20.3. The van der Waals surface area contributed by atoms with Crippen molar-refractivity contribution in [1.29, 1.82) is 0 Å². The molecule has 0 aliphatic carbocycles. The molecule has 0 aromatic heterocycles. The van der Waals surface area contributed by atoms with E-state index < -0.39 is 6.23 Å². The van der Waals surface area contributed by atoms with E-state index in [2.05, 4.69) is 10.3 Å². The fraction of sp³-hybridized carbons (Fsp3) is 0.250. The van der Waals surface area contributed by atoms with Crippen molar-refractivity contribution in [2.24, 2.45) is 4.99 Å². The molecule has 3 rings (SSSR count). The number of aliphatic hydroxyl groups excluding tert-OH is 1. The maximum atomic E-state index is 13.2. The first-order valence-corrected chi connectivity index (χ1v) is 8.93. The van der Waals surface area contributed by atoms with Gasteiger partial charge in [-0.3, -0.25) is 0 Å². The van der Waals surface area contributed by atoms with E-state index in [1.54, 1.807) is 35.4 Å². The van der Waals surface area contributed by atoms with E-state index in [-0.39, 0.29) is 5.82 Å². The highest BCUT2D eigenvalue weighted by atomic mass is 35.5. The van der Waals surface area contributed by atoms with Gasteiger partial charge in [0, 0.05) is 18.0 Å². The molecule has 1 aliphatic heterocycles. The molecule has 1 atom stereocenters. The van der Waals surface area contributed by atoms with Gasteiger partial charge in [-0.05, 0) is 36.2 Å². The van der Waals surface area contributed by atoms with Crippen molar-refractivity contribution in [3.8, 4) is 5.75 Å². The number of rotatable bonds is 5. The Morgan fingerprint density at radius 1 is 1.21 bits per heavy atom. The van der Waals surface area contributed by atoms with Crippen LogP contribution >= 0.6 is 11.6 Å². The quantitative estimate of drug-likeness (QED) is 0.790. The van der Waals surface area contributed by atoms with Crippen LogP contribution < -0.4 is 10.1 Å². The third-order valence-corrected chi connectivity index (χ3v) is 4.60. The van der Waals surface area contributed by atoms with Crippen LogP contribution in [0.3, 0.4) is 0 Å². The van der Waals surface area contributed by atoms with Gasteiger partial charge < -0.3 is 24.8 Å². The summed E-state index contributed by atoms with van der Waals surface area (Å²) < 4.78 is 23.7. The highest BCUT2D eigenvalue weighted by Gasteiger charge is 2.24. The lowest BCUT2D eigenvalue weighted by Gasteiger charge is -2.29. The number of halogens is 2. The van der Waals surface area contributed by atoms with E-state index in [0.717, 1.165) is 16.8 Å². The van der Waals surface area contributed by atoms with E-state index in [1.807, 2.05) is 6.92 Å². The molecule has 2 aromatic carbocycles. The maximum absolute atomic E-state index is 13.2. The Morgan fingerprint density at radius 2 is 1.93 bits per heavy atom. The van der Waals surface area contributed by atoms with E-state index in [9.17, 15) is 9.50 Å². The number of hydrogen-bond donors (Lipinski definition) is 2. The lowest BCUT2D eigenvalue weighted by atomic mass is 10.2. The van der Waals surface area contributed by atoms with Crippen LogP contribution in [-0.4, -0.2) is 36.4 Å². The first-order valence-electron chi connectivity index (χ1n) is 8.55. The summed E-state index contributed by atoms with van der Waals surface area (Å²) >= 11 is 6.16. The van der Waals surface area contributed by atoms with Crippen molar-refractivity contribution < 1.29 is 19.0 Å². The minimum atomic E-state index is -1.13. The summed E-state index contributed by atoms with van der Waals surface area (Å²) in [7, 11) is 3.00. The molecule has 0 spiro atoms. The summed E-state index contributed by atoms with van der Waals surface area (Å²) in [5.74, 6) is 0.926. The summed E-state index contributed by atoms with van der Waals surface area (Å²) in [6.07, 6.45) is 0.526. The Balaban J connectivity index is 1.91. The molecule has 6 nitrogen and oxygen atoms in total. The normalized spacial score (nSPS) is 16.4. The number of aryl methyl sites for hydroxylation is 1. The van der Waals surface area contributed by atoms with Gasteiger partial charge in [0.15, 0.2) is 5.76 Å². The molecule has 1 aliphatic rings. The zero-order valence-electron chi connectivity index (χ0n) is 15.7. The van der Waals surface area contributed by atoms with Gasteiger partial charge in [-0.2, -0.15) is 0 Å². The number of nitrogens with one attached hydrogen (secondary N) is 1. The molecule has 0 saturated heterocycles. The number of anilines is 1. The molecule has 0 radical (unpaired) electrons. The van der Waals surface area contributed by atoms with Crippen LogP contribution in [0.1, 0.15) is 11.1 Å². The van der Waals surface area contributed by atoms with Crippen molar-refractivity contribution in [1.82, 2.24) is 4.90 Å². The first-order chi connectivity index (χ1) is 13.4. The topological polar surface area (TPSA) is 66.3 Å². The molecule has 0 fully saturated rings. The van der Waals surface area contributed by atoms with Gasteiger partial charge in [0.05, 0.1) is 25.8 Å². The third kappa shape index (κ3) is 4.37. The Hall–Kier alpha value is -2.77. The van der Waals surface area contributed by atoms with Gasteiger partial charge in [0.1, 0.15) is 11.6 Å². The lowest BCUT2D eigenvalue weighted by molar-refractivity contribution is 0.124. The van der Waals surface area contributed by atoms with Crippen LogP contribution in [0.25, 0.3) is 0 Å². The van der Waals surface area contributed by atoms with Crippen LogP contribution in [0.4, 0.5) is 10.1 Å². The van der Waals surface area contributed by atoms with E-state index in [0.29, 0.717) is 29.0 Å². The van der Waals surface area contributed by atoms with Crippen LogP contribution in [0.2, 0.25) is 5.02 Å². The molecule has 148 valence electrons. The average Bonchev–Trinajstić information content (AvgIpc) is 2.67. The van der Waals surface area contributed by atoms with Gasteiger partial charge >= 0.3 is 0 Å². The number of hydrogen-bond acceptors (Lipinski definition) is 6. The minimum Gasteiger partial charge on any atom is -0.495 e. The number of aliphatic hydroxyl groups is 1. The molecular formula is C20H21ClFN3O3. The smallest absolute Gasteiger partial charge is 0.208 e. The number of nitrogens with zero attached hydrogens (tertiary/aromatic N) is 2. The fourth-order valence-electron chi connectivity index (χ4n) is 2.77. The zero-order valence-corrected chi connectivity index (χ0v) is 16.5. The molecule has 8 heteroatoms. The molecule has 2 aromatic rings. The summed E-state index contributed by atoms with van der Waals surface area (Å²) in [5.41, 5.74) is 2.47. The maximum Gasteiger partial charge on any atom is 0.208 e. The van der Waals surface area contributed by atoms with Crippen LogP contribution in [0, 0.1) is 12.7 Å². The van der Waals surface area contributed by atoms with E-state index in [4.69, 9.17) is 21.1 Å². The van der Waals surface area contributed by atoms with Crippen molar-refractivity contribution in [3.63, 3.8) is 0 Å². The predicted molar refractivity (Wildman–Crippen MR) is 107 cm³/mol. The van der Waals surface area contributed by atoms with Crippen molar-refractivity contribution in [3.05, 3.63) is 70.3 Å². The largest absolute Gasteiger partial charge is 0.495 e. The van der Waals surface area contributed by atoms with Gasteiger partial charge in [0.25, 0.3) is 0 Å². The molecule has 1 unspecified atom stereocenters. The second-order valence-corrected chi connectivity index (χ2v) is 6.65. The molecule has 0 bridgehead atoms. The minimum absolute atomic E-state index is 0.304. The van der Waals surface area contributed by atoms with Gasteiger partial charge in [-0.1, -0.05) is 23.7 Å². The van der Waals surface area contributed by atoms with Crippen LogP contribution in [0.5, 0.6) is 5.75 Å². The Kier molecular flexibility index (Phi) is 6.06. The summed E-state index contributed by atoms with van der Waals surface area (Å²) in [4.78, 5) is 6.07. The second-order valence-electron chi connectivity index (χ2n) is 6.24. The monoisotopic (exact) mass is 405 g/mol. The SMILES string of the molecule is COC1=CN(Cc2ccc(F)cc2)C(Nc2cc(OC)c(Cl)cc2C)=NC1O.